The zero-order chi connectivity index (χ0) is 12.1. The summed E-state index contributed by atoms with van der Waals surface area (Å²) in [7, 11) is 0. The third-order valence-corrected chi connectivity index (χ3v) is 2.77. The number of hydrogen-bond donors (Lipinski definition) is 0. The van der Waals surface area contributed by atoms with Crippen LogP contribution in [0, 0.1) is 11.8 Å². The molecule has 2 aromatic rings. The summed E-state index contributed by atoms with van der Waals surface area (Å²) in [5.74, 6) is 6.12. The van der Waals surface area contributed by atoms with Crippen LogP contribution in [0.3, 0.4) is 0 Å². The van der Waals surface area contributed by atoms with E-state index in [0.29, 0.717) is 5.56 Å². The van der Waals surface area contributed by atoms with Gasteiger partial charge in [0.05, 0.1) is 0 Å². The fourth-order valence-electron chi connectivity index (χ4n) is 1.32. The summed E-state index contributed by atoms with van der Waals surface area (Å²) < 4.78 is 1.04. The van der Waals surface area contributed by atoms with Crippen molar-refractivity contribution in [2.75, 3.05) is 0 Å². The molecule has 0 N–H and O–H groups in total. The molecule has 82 valence electrons. The molecule has 17 heavy (non-hydrogen) atoms. The highest BCUT2D eigenvalue weighted by molar-refractivity contribution is 9.10. The van der Waals surface area contributed by atoms with Crippen LogP contribution in [0.5, 0.6) is 0 Å². The summed E-state index contributed by atoms with van der Waals surface area (Å²) in [4.78, 5) is 10.5. The van der Waals surface area contributed by atoms with Gasteiger partial charge in [-0.3, -0.25) is 4.79 Å². The third-order valence-electron chi connectivity index (χ3n) is 2.24. The van der Waals surface area contributed by atoms with E-state index in [4.69, 9.17) is 0 Å². The van der Waals surface area contributed by atoms with Crippen molar-refractivity contribution in [1.82, 2.24) is 0 Å². The lowest BCUT2D eigenvalue weighted by atomic mass is 10.1. The Morgan fingerprint density at radius 2 is 1.29 bits per heavy atom. The molecule has 0 radical (unpaired) electrons. The Kier molecular flexibility index (Phi) is 3.74. The number of rotatable bonds is 1. The molecule has 0 unspecified atom stereocenters. The lowest BCUT2D eigenvalue weighted by molar-refractivity contribution is 0.112. The first kappa shape index (κ1) is 11.6. The molecule has 2 rings (SSSR count). The molecule has 0 saturated carbocycles. The number of carbonyl (C=O) groups is 1. The van der Waals surface area contributed by atoms with Crippen LogP contribution in [-0.2, 0) is 0 Å². The summed E-state index contributed by atoms with van der Waals surface area (Å²) in [6.45, 7) is 0. The van der Waals surface area contributed by atoms with Gasteiger partial charge in [-0.05, 0) is 36.4 Å². The van der Waals surface area contributed by atoms with E-state index in [0.717, 1.165) is 21.9 Å². The molecule has 0 spiro atoms. The lowest BCUT2D eigenvalue weighted by Gasteiger charge is -1.92. The van der Waals surface area contributed by atoms with Gasteiger partial charge in [0.1, 0.15) is 6.29 Å². The molecule has 0 fully saturated rings. The second kappa shape index (κ2) is 5.47. The number of hydrogen-bond acceptors (Lipinski definition) is 1. The molecule has 0 aromatic heterocycles. The predicted molar refractivity (Wildman–Crippen MR) is 72.0 cm³/mol. The predicted octanol–water partition coefficient (Wildman–Crippen LogP) is 3.66. The Balaban J connectivity index is 2.20. The first-order valence-corrected chi connectivity index (χ1v) is 5.90. The zero-order valence-electron chi connectivity index (χ0n) is 8.98. The molecule has 0 aliphatic rings. The van der Waals surface area contributed by atoms with Crippen molar-refractivity contribution in [3.63, 3.8) is 0 Å². The summed E-state index contributed by atoms with van der Waals surface area (Å²) in [6, 6.07) is 15.0. The molecule has 2 aromatic carbocycles. The lowest BCUT2D eigenvalue weighted by Crippen LogP contribution is -1.80. The molecule has 0 amide bonds. The molecule has 0 aliphatic heterocycles. The molecule has 0 aliphatic carbocycles. The summed E-state index contributed by atoms with van der Waals surface area (Å²) >= 11 is 3.38. The van der Waals surface area contributed by atoms with Crippen LogP contribution >= 0.6 is 15.9 Å². The number of carbonyl (C=O) groups excluding carboxylic acids is 1. The number of halogens is 1. The van der Waals surface area contributed by atoms with Crippen molar-refractivity contribution in [1.29, 1.82) is 0 Å². The minimum absolute atomic E-state index is 0.666. The maximum absolute atomic E-state index is 10.5. The Morgan fingerprint density at radius 3 is 1.76 bits per heavy atom. The fraction of sp³-hybridized carbons (Fsp3) is 0. The van der Waals surface area contributed by atoms with Gasteiger partial charge >= 0.3 is 0 Å². The highest BCUT2D eigenvalue weighted by atomic mass is 79.9. The second-order valence-electron chi connectivity index (χ2n) is 3.50. The van der Waals surface area contributed by atoms with Crippen molar-refractivity contribution in [3.8, 4) is 11.8 Å². The minimum Gasteiger partial charge on any atom is -0.298 e. The summed E-state index contributed by atoms with van der Waals surface area (Å²) in [6.07, 6.45) is 0.825. The quantitative estimate of drug-likeness (QED) is 0.577. The van der Waals surface area contributed by atoms with Crippen LogP contribution in [-0.4, -0.2) is 6.29 Å². The molecule has 0 heterocycles. The first-order valence-electron chi connectivity index (χ1n) is 5.11. The Morgan fingerprint density at radius 1 is 0.824 bits per heavy atom. The van der Waals surface area contributed by atoms with Crippen molar-refractivity contribution >= 4 is 22.2 Å². The topological polar surface area (TPSA) is 17.1 Å². The van der Waals surface area contributed by atoms with Crippen LogP contribution in [0.1, 0.15) is 21.5 Å². The Labute approximate surface area is 109 Å². The third kappa shape index (κ3) is 3.30. The van der Waals surface area contributed by atoms with E-state index in [1.54, 1.807) is 12.1 Å². The monoisotopic (exact) mass is 284 g/mol. The van der Waals surface area contributed by atoms with Gasteiger partial charge in [0.25, 0.3) is 0 Å². The summed E-state index contributed by atoms with van der Waals surface area (Å²) in [5.41, 5.74) is 2.53. The van der Waals surface area contributed by atoms with E-state index in [9.17, 15) is 4.79 Å². The molecular weight excluding hydrogens is 276 g/mol. The Hall–Kier alpha value is -1.85. The number of aldehydes is 1. The largest absolute Gasteiger partial charge is 0.298 e. The second-order valence-corrected chi connectivity index (χ2v) is 4.41. The van der Waals surface area contributed by atoms with Crippen LogP contribution in [0.2, 0.25) is 0 Å². The standard InChI is InChI=1S/C15H9BrO/c16-15-9-7-13(8-10-15)2-1-12-3-5-14(11-17)6-4-12/h3-11H. The smallest absolute Gasteiger partial charge is 0.150 e. The molecule has 0 bridgehead atoms. The van der Waals surface area contributed by atoms with Crippen LogP contribution in [0.15, 0.2) is 53.0 Å². The van der Waals surface area contributed by atoms with Crippen LogP contribution < -0.4 is 0 Å². The highest BCUT2D eigenvalue weighted by Crippen LogP contribution is 2.09. The van der Waals surface area contributed by atoms with E-state index in [-0.39, 0.29) is 0 Å². The number of benzene rings is 2. The summed E-state index contributed by atoms with van der Waals surface area (Å²) in [5, 5.41) is 0. The Bertz CT molecular complexity index is 571. The molecular formula is C15H9BrO. The normalized spacial score (nSPS) is 9.24. The molecule has 2 heteroatoms. The fourth-order valence-corrected chi connectivity index (χ4v) is 1.59. The maximum atomic E-state index is 10.5. The van der Waals surface area contributed by atoms with Crippen molar-refractivity contribution < 1.29 is 4.79 Å². The van der Waals surface area contributed by atoms with E-state index < -0.39 is 0 Å². The molecule has 0 saturated heterocycles. The van der Waals surface area contributed by atoms with Crippen molar-refractivity contribution in [3.05, 3.63) is 69.7 Å². The van der Waals surface area contributed by atoms with Gasteiger partial charge in [-0.2, -0.15) is 0 Å². The van der Waals surface area contributed by atoms with Crippen LogP contribution in [0.25, 0.3) is 0 Å². The van der Waals surface area contributed by atoms with Gasteiger partial charge < -0.3 is 0 Å². The van der Waals surface area contributed by atoms with E-state index in [1.807, 2.05) is 36.4 Å². The van der Waals surface area contributed by atoms with Crippen molar-refractivity contribution in [2.45, 2.75) is 0 Å². The molecule has 0 atom stereocenters. The van der Waals surface area contributed by atoms with Gasteiger partial charge in [-0.15, -0.1) is 0 Å². The first-order chi connectivity index (χ1) is 8.28. The van der Waals surface area contributed by atoms with Gasteiger partial charge in [0.2, 0.25) is 0 Å². The van der Waals surface area contributed by atoms with Crippen LogP contribution in [0.4, 0.5) is 0 Å². The molecule has 1 nitrogen and oxygen atoms in total. The van der Waals surface area contributed by atoms with Gasteiger partial charge in [0.15, 0.2) is 0 Å². The van der Waals surface area contributed by atoms with Gasteiger partial charge in [-0.1, -0.05) is 39.9 Å². The van der Waals surface area contributed by atoms with Crippen molar-refractivity contribution in [2.24, 2.45) is 0 Å². The van der Waals surface area contributed by atoms with Gasteiger partial charge in [-0.25, -0.2) is 0 Å². The average molecular weight is 285 g/mol. The van der Waals surface area contributed by atoms with E-state index in [1.165, 1.54) is 0 Å². The van der Waals surface area contributed by atoms with E-state index >= 15 is 0 Å². The SMILES string of the molecule is O=Cc1ccc(C#Cc2ccc(Br)cc2)cc1. The van der Waals surface area contributed by atoms with Gasteiger partial charge in [0, 0.05) is 21.2 Å². The average Bonchev–Trinajstić information content (AvgIpc) is 2.39. The maximum Gasteiger partial charge on any atom is 0.150 e. The minimum atomic E-state index is 0.666. The highest BCUT2D eigenvalue weighted by Gasteiger charge is 1.90. The zero-order valence-corrected chi connectivity index (χ0v) is 10.6. The van der Waals surface area contributed by atoms with E-state index in [2.05, 4.69) is 27.8 Å².